The molecule has 1 amide bonds. The van der Waals surface area contributed by atoms with E-state index in [1.54, 1.807) is 4.57 Å². The number of hydrazone groups is 1. The highest BCUT2D eigenvalue weighted by Gasteiger charge is 2.21. The molecule has 0 saturated heterocycles. The lowest BCUT2D eigenvalue weighted by molar-refractivity contribution is -0.121. The van der Waals surface area contributed by atoms with Crippen LogP contribution in [0.3, 0.4) is 0 Å². The molecule has 1 aromatic rings. The number of hydrogen-bond acceptors (Lipinski definition) is 5. The third-order valence-electron chi connectivity index (χ3n) is 4.73. The number of carbonyl (C=O) groups excluding carboxylic acids is 1. The minimum absolute atomic E-state index is 0.00968. The molecular formula is C18H28N4O3S. The lowest BCUT2D eigenvalue weighted by Gasteiger charge is -2.25. The van der Waals surface area contributed by atoms with Gasteiger partial charge in [0.15, 0.2) is 4.77 Å². The molecule has 1 aliphatic carbocycles. The second-order valence-electron chi connectivity index (χ2n) is 6.76. The van der Waals surface area contributed by atoms with Gasteiger partial charge in [-0.1, -0.05) is 45.4 Å². The van der Waals surface area contributed by atoms with Crippen molar-refractivity contribution < 1.29 is 9.90 Å². The molecule has 1 heterocycles. The van der Waals surface area contributed by atoms with Gasteiger partial charge in [-0.2, -0.15) is 5.10 Å². The van der Waals surface area contributed by atoms with Crippen molar-refractivity contribution in [3.63, 3.8) is 0 Å². The Labute approximate surface area is 158 Å². The van der Waals surface area contributed by atoms with Crippen molar-refractivity contribution in [2.75, 3.05) is 0 Å². The maximum Gasteiger partial charge on any atom is 0.264 e. The van der Waals surface area contributed by atoms with Gasteiger partial charge in [0.05, 0.1) is 6.21 Å². The summed E-state index contributed by atoms with van der Waals surface area (Å²) in [7, 11) is 0. The summed E-state index contributed by atoms with van der Waals surface area (Å²) >= 11 is 5.22. The Balaban J connectivity index is 2.07. The van der Waals surface area contributed by atoms with Crippen LogP contribution in [0.4, 0.5) is 0 Å². The van der Waals surface area contributed by atoms with Gasteiger partial charge in [-0.05, 0) is 31.5 Å². The van der Waals surface area contributed by atoms with E-state index in [1.165, 1.54) is 12.6 Å². The van der Waals surface area contributed by atoms with E-state index in [1.807, 2.05) is 0 Å². The first-order chi connectivity index (χ1) is 12.5. The van der Waals surface area contributed by atoms with Gasteiger partial charge in [-0.15, -0.1) is 0 Å². The first-order valence-electron chi connectivity index (χ1n) is 9.44. The van der Waals surface area contributed by atoms with Crippen LogP contribution in [0.1, 0.15) is 82.7 Å². The summed E-state index contributed by atoms with van der Waals surface area (Å²) in [6.45, 7) is 2.11. The predicted molar refractivity (Wildman–Crippen MR) is 104 cm³/mol. The fraction of sp³-hybridized carbons (Fsp3) is 0.667. The van der Waals surface area contributed by atoms with Gasteiger partial charge in [-0.3, -0.25) is 19.1 Å². The van der Waals surface area contributed by atoms with Gasteiger partial charge >= 0.3 is 0 Å². The molecule has 1 aromatic heterocycles. The van der Waals surface area contributed by atoms with Crippen molar-refractivity contribution in [1.82, 2.24) is 15.0 Å². The second kappa shape index (κ2) is 10.3. The minimum atomic E-state index is -0.513. The zero-order valence-corrected chi connectivity index (χ0v) is 16.1. The van der Waals surface area contributed by atoms with Crippen LogP contribution in [0, 0.1) is 4.77 Å². The van der Waals surface area contributed by atoms with Crippen molar-refractivity contribution in [2.45, 2.75) is 77.2 Å². The minimum Gasteiger partial charge on any atom is -0.494 e. The molecular weight excluding hydrogens is 352 g/mol. The number of aromatic nitrogens is 2. The zero-order chi connectivity index (χ0) is 18.9. The Hall–Kier alpha value is -1.96. The molecule has 7 nitrogen and oxygen atoms in total. The van der Waals surface area contributed by atoms with E-state index in [9.17, 15) is 14.7 Å². The molecule has 0 aromatic carbocycles. The van der Waals surface area contributed by atoms with Crippen LogP contribution in [-0.2, 0) is 4.79 Å². The first kappa shape index (κ1) is 20.4. The summed E-state index contributed by atoms with van der Waals surface area (Å²) in [6, 6.07) is 0.0772. The number of amides is 1. The topological polar surface area (TPSA) is 99.5 Å². The van der Waals surface area contributed by atoms with Crippen LogP contribution in [-0.4, -0.2) is 26.8 Å². The molecule has 0 radical (unpaired) electrons. The molecule has 3 N–H and O–H groups in total. The van der Waals surface area contributed by atoms with Crippen molar-refractivity contribution in [3.05, 3.63) is 20.7 Å². The first-order valence-corrected chi connectivity index (χ1v) is 9.85. The molecule has 1 aliphatic rings. The molecule has 0 unspecified atom stereocenters. The number of rotatable bonds is 8. The third-order valence-corrected chi connectivity index (χ3v) is 5.03. The standard InChI is InChI=1S/C18H28N4O3S/c1-2-3-4-8-11-15(23)21-19-12-14-16(24)20-18(26)22(17(14)25)13-9-6-5-7-10-13/h12-13,25H,2-11H2,1H3,(H,21,23)(H,20,24,26)/b19-12+. The smallest absolute Gasteiger partial charge is 0.264 e. The average molecular weight is 381 g/mol. The van der Waals surface area contributed by atoms with Crippen LogP contribution in [0.15, 0.2) is 9.90 Å². The molecule has 0 spiro atoms. The van der Waals surface area contributed by atoms with Gasteiger partial charge in [0.25, 0.3) is 5.56 Å². The third kappa shape index (κ3) is 5.52. The van der Waals surface area contributed by atoms with Gasteiger partial charge in [0.1, 0.15) is 5.56 Å². The monoisotopic (exact) mass is 380 g/mol. The molecule has 1 saturated carbocycles. The van der Waals surface area contributed by atoms with E-state index < -0.39 is 5.56 Å². The molecule has 2 rings (SSSR count). The molecule has 0 bridgehead atoms. The Bertz CT molecular complexity index is 748. The second-order valence-corrected chi connectivity index (χ2v) is 7.15. The van der Waals surface area contributed by atoms with Crippen molar-refractivity contribution in [1.29, 1.82) is 0 Å². The van der Waals surface area contributed by atoms with E-state index in [0.29, 0.717) is 6.42 Å². The van der Waals surface area contributed by atoms with Gasteiger partial charge < -0.3 is 5.11 Å². The Morgan fingerprint density at radius 1 is 1.35 bits per heavy atom. The summed E-state index contributed by atoms with van der Waals surface area (Å²) in [4.78, 5) is 26.4. The van der Waals surface area contributed by atoms with Gasteiger partial charge in [0.2, 0.25) is 11.8 Å². The van der Waals surface area contributed by atoms with Gasteiger partial charge in [-0.25, -0.2) is 5.43 Å². The Morgan fingerprint density at radius 2 is 2.08 bits per heavy atom. The summed E-state index contributed by atoms with van der Waals surface area (Å²) in [5, 5.41) is 14.4. The zero-order valence-electron chi connectivity index (χ0n) is 15.3. The summed E-state index contributed by atoms with van der Waals surface area (Å²) in [5.41, 5.74) is 1.90. The van der Waals surface area contributed by atoms with Crippen LogP contribution in [0.25, 0.3) is 0 Å². The summed E-state index contributed by atoms with van der Waals surface area (Å²) in [6.07, 6.45) is 10.8. The fourth-order valence-corrected chi connectivity index (χ4v) is 3.61. The highest BCUT2D eigenvalue weighted by atomic mass is 32.1. The Morgan fingerprint density at radius 3 is 2.77 bits per heavy atom. The number of H-pyrrole nitrogens is 1. The van der Waals surface area contributed by atoms with E-state index in [0.717, 1.165) is 51.4 Å². The number of hydrogen-bond donors (Lipinski definition) is 3. The van der Waals surface area contributed by atoms with Crippen LogP contribution >= 0.6 is 12.2 Å². The molecule has 1 fully saturated rings. The number of nitrogens with one attached hydrogen (secondary N) is 2. The highest BCUT2D eigenvalue weighted by molar-refractivity contribution is 7.71. The number of aromatic amines is 1. The molecule has 26 heavy (non-hydrogen) atoms. The van der Waals surface area contributed by atoms with E-state index >= 15 is 0 Å². The number of aromatic hydroxyl groups is 1. The lowest BCUT2D eigenvalue weighted by Crippen LogP contribution is -2.24. The van der Waals surface area contributed by atoms with Crippen LogP contribution in [0.5, 0.6) is 5.88 Å². The fourth-order valence-electron chi connectivity index (χ4n) is 3.28. The van der Waals surface area contributed by atoms with Crippen LogP contribution < -0.4 is 11.0 Å². The Kier molecular flexibility index (Phi) is 8.03. The summed E-state index contributed by atoms with van der Waals surface area (Å²) in [5.74, 6) is -0.389. The molecule has 0 aliphatic heterocycles. The van der Waals surface area contributed by atoms with E-state index in [-0.39, 0.29) is 28.2 Å². The molecule has 144 valence electrons. The molecule has 8 heteroatoms. The normalized spacial score (nSPS) is 15.4. The number of nitrogens with zero attached hydrogens (tertiary/aromatic N) is 2. The predicted octanol–water partition coefficient (Wildman–Crippen LogP) is 3.54. The van der Waals surface area contributed by atoms with Crippen LogP contribution in [0.2, 0.25) is 0 Å². The molecule has 0 atom stereocenters. The maximum atomic E-state index is 12.1. The number of carbonyl (C=O) groups is 1. The van der Waals surface area contributed by atoms with E-state index in [2.05, 4.69) is 22.4 Å². The highest BCUT2D eigenvalue weighted by Crippen LogP contribution is 2.31. The lowest BCUT2D eigenvalue weighted by atomic mass is 9.95. The quantitative estimate of drug-likeness (QED) is 0.278. The largest absolute Gasteiger partial charge is 0.494 e. The number of unbranched alkanes of at least 4 members (excludes halogenated alkanes) is 3. The average Bonchev–Trinajstić information content (AvgIpc) is 2.62. The van der Waals surface area contributed by atoms with Crippen molar-refractivity contribution >= 4 is 24.3 Å². The summed E-state index contributed by atoms with van der Waals surface area (Å²) < 4.78 is 1.82. The SMILES string of the molecule is CCCCCCC(=O)N/N=C/c1c(O)n(C2CCCCC2)c(=S)[nH]c1=O. The van der Waals surface area contributed by atoms with Crippen molar-refractivity contribution in [2.24, 2.45) is 5.10 Å². The van der Waals surface area contributed by atoms with Crippen molar-refractivity contribution in [3.8, 4) is 5.88 Å². The van der Waals surface area contributed by atoms with E-state index in [4.69, 9.17) is 12.2 Å². The maximum absolute atomic E-state index is 12.1. The van der Waals surface area contributed by atoms with Gasteiger partial charge in [0, 0.05) is 12.5 Å².